The minimum Gasteiger partial charge on any atom is -0.504 e. The van der Waals surface area contributed by atoms with E-state index in [-0.39, 0.29) is 5.75 Å². The number of phenolic OH excluding ortho intramolecular Hbond substituents is 1. The molecule has 122 valence electrons. The van der Waals surface area contributed by atoms with E-state index in [2.05, 4.69) is 10.2 Å². The van der Waals surface area contributed by atoms with Crippen LogP contribution in [0.3, 0.4) is 0 Å². The van der Waals surface area contributed by atoms with Crippen LogP contribution in [0.15, 0.2) is 18.2 Å². The molecule has 0 bridgehead atoms. The van der Waals surface area contributed by atoms with Crippen molar-refractivity contribution in [3.63, 3.8) is 0 Å². The lowest BCUT2D eigenvalue weighted by atomic mass is 9.85. The minimum absolute atomic E-state index is 0.206. The fourth-order valence-corrected chi connectivity index (χ4v) is 3.65. The van der Waals surface area contributed by atoms with E-state index in [1.54, 1.807) is 13.2 Å². The molecule has 0 spiro atoms. The van der Waals surface area contributed by atoms with Crippen molar-refractivity contribution in [1.82, 2.24) is 10.2 Å². The molecule has 0 aliphatic carbocycles. The molecular weight excluding hydrogens is 280 g/mol. The van der Waals surface area contributed by atoms with Gasteiger partial charge in [0.1, 0.15) is 0 Å². The fraction of sp³-hybridized carbons (Fsp3) is 0.647. The Bertz CT molecular complexity index is 465. The summed E-state index contributed by atoms with van der Waals surface area (Å²) >= 11 is 0. The third-order valence-electron chi connectivity index (χ3n) is 4.80. The first kappa shape index (κ1) is 15.6. The number of nitrogens with one attached hydrogen (secondary N) is 1. The molecule has 2 N–H and O–H groups in total. The van der Waals surface area contributed by atoms with E-state index in [1.165, 1.54) is 5.56 Å². The molecule has 1 aromatic carbocycles. The average Bonchev–Trinajstić information content (AvgIpc) is 2.58. The molecule has 2 aliphatic rings. The Labute approximate surface area is 132 Å². The van der Waals surface area contributed by atoms with Crippen molar-refractivity contribution in [2.45, 2.75) is 18.9 Å². The average molecular weight is 306 g/mol. The third-order valence-corrected chi connectivity index (χ3v) is 4.80. The van der Waals surface area contributed by atoms with Gasteiger partial charge in [-0.05, 0) is 36.5 Å². The van der Waals surface area contributed by atoms with Gasteiger partial charge in [-0.2, -0.15) is 0 Å². The predicted molar refractivity (Wildman–Crippen MR) is 85.4 cm³/mol. The lowest BCUT2D eigenvalue weighted by Gasteiger charge is -2.41. The molecule has 1 aromatic rings. The van der Waals surface area contributed by atoms with Gasteiger partial charge in [0, 0.05) is 45.4 Å². The van der Waals surface area contributed by atoms with Crippen molar-refractivity contribution < 1.29 is 14.6 Å². The summed E-state index contributed by atoms with van der Waals surface area (Å²) in [4.78, 5) is 2.57. The molecule has 5 heteroatoms. The van der Waals surface area contributed by atoms with Gasteiger partial charge in [-0.15, -0.1) is 0 Å². The number of benzene rings is 1. The van der Waals surface area contributed by atoms with Gasteiger partial charge in [0.15, 0.2) is 11.5 Å². The van der Waals surface area contributed by atoms with Crippen LogP contribution in [-0.2, 0) is 4.74 Å². The van der Waals surface area contributed by atoms with Crippen LogP contribution in [0.1, 0.15) is 24.4 Å². The van der Waals surface area contributed by atoms with Gasteiger partial charge in [-0.3, -0.25) is 4.90 Å². The van der Waals surface area contributed by atoms with E-state index in [4.69, 9.17) is 9.47 Å². The zero-order valence-corrected chi connectivity index (χ0v) is 13.3. The van der Waals surface area contributed by atoms with Gasteiger partial charge >= 0.3 is 0 Å². The lowest BCUT2D eigenvalue weighted by Crippen LogP contribution is -2.47. The molecule has 22 heavy (non-hydrogen) atoms. The van der Waals surface area contributed by atoms with Gasteiger partial charge in [-0.25, -0.2) is 0 Å². The highest BCUT2D eigenvalue weighted by Crippen LogP contribution is 2.38. The second-order valence-corrected chi connectivity index (χ2v) is 6.11. The first-order valence-corrected chi connectivity index (χ1v) is 8.19. The van der Waals surface area contributed by atoms with E-state index in [0.29, 0.717) is 17.7 Å². The smallest absolute Gasteiger partial charge is 0.160 e. The summed E-state index contributed by atoms with van der Waals surface area (Å²) < 4.78 is 10.8. The second kappa shape index (κ2) is 7.31. The van der Waals surface area contributed by atoms with Gasteiger partial charge in [0.2, 0.25) is 0 Å². The molecule has 2 fully saturated rings. The molecule has 0 saturated carbocycles. The summed E-state index contributed by atoms with van der Waals surface area (Å²) in [7, 11) is 1.60. The summed E-state index contributed by atoms with van der Waals surface area (Å²) in [5.41, 5.74) is 1.24. The Kier molecular flexibility index (Phi) is 5.18. The van der Waals surface area contributed by atoms with E-state index in [1.807, 2.05) is 12.1 Å². The highest BCUT2D eigenvalue weighted by atomic mass is 16.5. The molecule has 5 nitrogen and oxygen atoms in total. The largest absolute Gasteiger partial charge is 0.504 e. The number of rotatable bonds is 4. The highest BCUT2D eigenvalue weighted by molar-refractivity contribution is 5.43. The summed E-state index contributed by atoms with van der Waals surface area (Å²) in [6.45, 7) is 5.89. The maximum Gasteiger partial charge on any atom is 0.160 e. The van der Waals surface area contributed by atoms with Crippen LogP contribution in [0.25, 0.3) is 0 Å². The quantitative estimate of drug-likeness (QED) is 0.888. The fourth-order valence-electron chi connectivity index (χ4n) is 3.65. The molecule has 0 amide bonds. The Morgan fingerprint density at radius 1 is 1.27 bits per heavy atom. The van der Waals surface area contributed by atoms with E-state index in [9.17, 15) is 5.11 Å². The number of hydrogen-bond donors (Lipinski definition) is 2. The monoisotopic (exact) mass is 306 g/mol. The van der Waals surface area contributed by atoms with Gasteiger partial charge < -0.3 is 19.9 Å². The molecule has 0 unspecified atom stereocenters. The number of hydrogen-bond acceptors (Lipinski definition) is 5. The Morgan fingerprint density at radius 2 is 2.00 bits per heavy atom. The van der Waals surface area contributed by atoms with Crippen LogP contribution in [0.4, 0.5) is 0 Å². The van der Waals surface area contributed by atoms with Gasteiger partial charge in [-0.1, -0.05) is 6.07 Å². The van der Waals surface area contributed by atoms with Crippen molar-refractivity contribution in [1.29, 1.82) is 0 Å². The number of ether oxygens (including phenoxy) is 2. The molecule has 3 rings (SSSR count). The highest BCUT2D eigenvalue weighted by Gasteiger charge is 2.31. The first-order chi connectivity index (χ1) is 10.8. The van der Waals surface area contributed by atoms with Crippen LogP contribution in [0.5, 0.6) is 11.5 Å². The van der Waals surface area contributed by atoms with Crippen LogP contribution in [0, 0.1) is 5.92 Å². The van der Waals surface area contributed by atoms with Crippen LogP contribution in [-0.4, -0.2) is 56.5 Å². The van der Waals surface area contributed by atoms with Crippen molar-refractivity contribution in [2.24, 2.45) is 5.92 Å². The molecule has 0 aromatic heterocycles. The maximum absolute atomic E-state index is 9.87. The number of piperazine rings is 1. The minimum atomic E-state index is 0.206. The molecule has 2 heterocycles. The number of phenols is 1. The zero-order chi connectivity index (χ0) is 15.4. The topological polar surface area (TPSA) is 54.0 Å². The lowest BCUT2D eigenvalue weighted by molar-refractivity contribution is 0.0212. The van der Waals surface area contributed by atoms with Crippen molar-refractivity contribution in [2.75, 3.05) is 46.5 Å². The Morgan fingerprint density at radius 3 is 2.68 bits per heavy atom. The van der Waals surface area contributed by atoms with Crippen LogP contribution < -0.4 is 10.1 Å². The van der Waals surface area contributed by atoms with E-state index < -0.39 is 0 Å². The van der Waals surface area contributed by atoms with Crippen LogP contribution >= 0.6 is 0 Å². The molecule has 2 saturated heterocycles. The summed E-state index contributed by atoms with van der Waals surface area (Å²) in [5, 5.41) is 13.3. The molecule has 1 atom stereocenters. The predicted octanol–water partition coefficient (Wildman–Crippen LogP) is 1.77. The van der Waals surface area contributed by atoms with Crippen molar-refractivity contribution >= 4 is 0 Å². The number of nitrogens with zero attached hydrogens (tertiary/aromatic N) is 1. The molecular formula is C17H26N2O3. The normalized spacial score (nSPS) is 22.4. The molecule has 2 aliphatic heterocycles. The Hall–Kier alpha value is -1.30. The summed E-state index contributed by atoms with van der Waals surface area (Å²) in [6.07, 6.45) is 2.19. The van der Waals surface area contributed by atoms with Gasteiger partial charge in [0.05, 0.1) is 7.11 Å². The molecule has 0 radical (unpaired) electrons. The zero-order valence-electron chi connectivity index (χ0n) is 13.3. The number of methoxy groups -OCH3 is 1. The Balaban J connectivity index is 1.89. The summed E-state index contributed by atoms with van der Waals surface area (Å²) in [5.74, 6) is 1.36. The summed E-state index contributed by atoms with van der Waals surface area (Å²) in [6, 6.07) is 6.17. The third kappa shape index (κ3) is 3.37. The maximum atomic E-state index is 9.87. The van der Waals surface area contributed by atoms with Crippen molar-refractivity contribution in [3.8, 4) is 11.5 Å². The standard InChI is InChI=1S/C17H26N2O3/c1-21-16-12-14(2-3-15(16)20)17(13-4-10-22-11-5-13)19-8-6-18-7-9-19/h2-3,12-13,17-18,20H,4-11H2,1H3/t17-/m1/s1. The van der Waals surface area contributed by atoms with E-state index in [0.717, 1.165) is 52.2 Å². The van der Waals surface area contributed by atoms with Crippen LogP contribution in [0.2, 0.25) is 0 Å². The van der Waals surface area contributed by atoms with E-state index >= 15 is 0 Å². The first-order valence-electron chi connectivity index (χ1n) is 8.19. The van der Waals surface area contributed by atoms with Gasteiger partial charge in [0.25, 0.3) is 0 Å². The second-order valence-electron chi connectivity index (χ2n) is 6.11. The van der Waals surface area contributed by atoms with Crippen molar-refractivity contribution in [3.05, 3.63) is 23.8 Å². The number of aromatic hydroxyl groups is 1. The SMILES string of the molecule is COc1cc([C@@H](C2CCOCC2)N2CCNCC2)ccc1O.